The number of nitrogens with zero attached hydrogens (tertiary/aromatic N) is 1. The highest BCUT2D eigenvalue weighted by molar-refractivity contribution is 5.96. The van der Waals surface area contributed by atoms with Crippen molar-refractivity contribution in [3.05, 3.63) is 46.4 Å². The molecule has 0 unspecified atom stereocenters. The SMILES string of the molecule is O=C(O)[C@H]1CN(C(=O)c2cc3ccccc3c(=O)[nH]2)C[C@@H]1C1CC1. The summed E-state index contributed by atoms with van der Waals surface area (Å²) in [6, 6.07) is 8.76. The Balaban J connectivity index is 1.64. The molecule has 1 saturated heterocycles. The van der Waals surface area contributed by atoms with Gasteiger partial charge in [0.05, 0.1) is 5.92 Å². The van der Waals surface area contributed by atoms with E-state index in [1.54, 1.807) is 29.2 Å². The number of nitrogens with one attached hydrogen (secondary N) is 1. The molecule has 2 heterocycles. The lowest BCUT2D eigenvalue weighted by atomic mass is 9.92. The monoisotopic (exact) mass is 326 g/mol. The first-order valence-corrected chi connectivity index (χ1v) is 8.19. The average Bonchev–Trinajstić information content (AvgIpc) is 3.32. The van der Waals surface area contributed by atoms with Gasteiger partial charge in [0.25, 0.3) is 11.5 Å². The summed E-state index contributed by atoms with van der Waals surface area (Å²) in [5.41, 5.74) is -0.0801. The maximum Gasteiger partial charge on any atom is 0.308 e. The summed E-state index contributed by atoms with van der Waals surface area (Å²) in [5, 5.41) is 10.7. The van der Waals surface area contributed by atoms with E-state index in [1.165, 1.54) is 0 Å². The molecular weight excluding hydrogens is 308 g/mol. The fourth-order valence-corrected chi connectivity index (χ4v) is 3.75. The van der Waals surface area contributed by atoms with Crippen LogP contribution in [0.1, 0.15) is 23.3 Å². The van der Waals surface area contributed by atoms with Gasteiger partial charge in [-0.25, -0.2) is 0 Å². The van der Waals surface area contributed by atoms with Gasteiger partial charge >= 0.3 is 5.97 Å². The number of carbonyl (C=O) groups is 2. The maximum absolute atomic E-state index is 12.8. The zero-order valence-corrected chi connectivity index (χ0v) is 13.1. The summed E-state index contributed by atoms with van der Waals surface area (Å²) in [5.74, 6) is -1.20. The van der Waals surface area contributed by atoms with E-state index in [9.17, 15) is 19.5 Å². The molecule has 6 nitrogen and oxygen atoms in total. The van der Waals surface area contributed by atoms with Crippen LogP contribution in [0.4, 0.5) is 0 Å². The number of hydrogen-bond donors (Lipinski definition) is 2. The highest BCUT2D eigenvalue weighted by Crippen LogP contribution is 2.44. The molecule has 124 valence electrons. The van der Waals surface area contributed by atoms with E-state index in [2.05, 4.69) is 4.98 Å². The largest absolute Gasteiger partial charge is 0.481 e. The van der Waals surface area contributed by atoms with Crippen molar-refractivity contribution in [2.45, 2.75) is 12.8 Å². The third-order valence-electron chi connectivity index (χ3n) is 5.18. The summed E-state index contributed by atoms with van der Waals surface area (Å²) in [4.78, 5) is 40.6. The van der Waals surface area contributed by atoms with Gasteiger partial charge in [-0.15, -0.1) is 0 Å². The molecule has 1 aromatic carbocycles. The zero-order valence-electron chi connectivity index (χ0n) is 13.1. The Labute approximate surface area is 138 Å². The Morgan fingerprint density at radius 2 is 1.92 bits per heavy atom. The van der Waals surface area contributed by atoms with E-state index in [-0.39, 0.29) is 29.6 Å². The van der Waals surface area contributed by atoms with Crippen LogP contribution in [0.2, 0.25) is 0 Å². The lowest BCUT2D eigenvalue weighted by molar-refractivity contribution is -0.142. The number of carbonyl (C=O) groups excluding carboxylic acids is 1. The number of benzene rings is 1. The van der Waals surface area contributed by atoms with Gasteiger partial charge < -0.3 is 15.0 Å². The Morgan fingerprint density at radius 1 is 1.17 bits per heavy atom. The number of hydrogen-bond acceptors (Lipinski definition) is 3. The van der Waals surface area contributed by atoms with Crippen LogP contribution in [0, 0.1) is 17.8 Å². The number of carboxylic acids is 1. The lowest BCUT2D eigenvalue weighted by Crippen LogP contribution is -2.31. The predicted molar refractivity (Wildman–Crippen MR) is 87.8 cm³/mol. The molecule has 0 bridgehead atoms. The first-order chi connectivity index (χ1) is 11.5. The second-order valence-corrected chi connectivity index (χ2v) is 6.76. The van der Waals surface area contributed by atoms with Crippen molar-refractivity contribution in [3.8, 4) is 0 Å². The van der Waals surface area contributed by atoms with Crippen molar-refractivity contribution in [2.75, 3.05) is 13.1 Å². The van der Waals surface area contributed by atoms with Crippen molar-refractivity contribution in [3.63, 3.8) is 0 Å². The number of aromatic amines is 1. The van der Waals surface area contributed by atoms with Gasteiger partial charge in [0.15, 0.2) is 0 Å². The lowest BCUT2D eigenvalue weighted by Gasteiger charge is -2.16. The van der Waals surface area contributed by atoms with E-state index in [0.29, 0.717) is 23.2 Å². The quantitative estimate of drug-likeness (QED) is 0.898. The summed E-state index contributed by atoms with van der Waals surface area (Å²) < 4.78 is 0. The summed E-state index contributed by atoms with van der Waals surface area (Å²) >= 11 is 0. The van der Waals surface area contributed by atoms with Crippen molar-refractivity contribution in [1.29, 1.82) is 0 Å². The normalized spacial score (nSPS) is 23.6. The molecule has 24 heavy (non-hydrogen) atoms. The van der Waals surface area contributed by atoms with Gasteiger partial charge in [0, 0.05) is 18.5 Å². The smallest absolute Gasteiger partial charge is 0.308 e. The van der Waals surface area contributed by atoms with E-state index in [0.717, 1.165) is 12.8 Å². The molecule has 1 aromatic heterocycles. The number of aliphatic carboxylic acids is 1. The molecule has 2 aliphatic rings. The molecule has 0 spiro atoms. The molecule has 1 amide bonds. The predicted octanol–water partition coefficient (Wildman–Crippen LogP) is 1.71. The van der Waals surface area contributed by atoms with Crippen LogP contribution in [0.5, 0.6) is 0 Å². The van der Waals surface area contributed by atoms with Gasteiger partial charge in [-0.3, -0.25) is 14.4 Å². The van der Waals surface area contributed by atoms with Gasteiger partial charge in [0.2, 0.25) is 0 Å². The van der Waals surface area contributed by atoms with Crippen LogP contribution >= 0.6 is 0 Å². The number of rotatable bonds is 3. The molecule has 0 radical (unpaired) electrons. The minimum Gasteiger partial charge on any atom is -0.481 e. The van der Waals surface area contributed by atoms with Gasteiger partial charge in [-0.05, 0) is 42.2 Å². The minimum atomic E-state index is -0.839. The number of fused-ring (bicyclic) bond motifs is 1. The first-order valence-electron chi connectivity index (χ1n) is 8.19. The van der Waals surface area contributed by atoms with Crippen molar-refractivity contribution in [1.82, 2.24) is 9.88 Å². The molecular formula is C18H18N2O4. The summed E-state index contributed by atoms with van der Waals surface area (Å²) in [7, 11) is 0. The van der Waals surface area contributed by atoms with Crippen molar-refractivity contribution in [2.24, 2.45) is 17.8 Å². The van der Waals surface area contributed by atoms with Crippen LogP contribution in [0.15, 0.2) is 35.1 Å². The Morgan fingerprint density at radius 3 is 2.62 bits per heavy atom. The maximum atomic E-state index is 12.8. The van der Waals surface area contributed by atoms with E-state index in [4.69, 9.17) is 0 Å². The second-order valence-electron chi connectivity index (χ2n) is 6.76. The molecule has 6 heteroatoms. The van der Waals surface area contributed by atoms with Gasteiger partial charge in [-0.2, -0.15) is 0 Å². The van der Waals surface area contributed by atoms with E-state index < -0.39 is 11.9 Å². The van der Waals surface area contributed by atoms with Crippen LogP contribution in [-0.4, -0.2) is 40.0 Å². The third-order valence-corrected chi connectivity index (χ3v) is 5.18. The van der Waals surface area contributed by atoms with Gasteiger partial charge in [-0.1, -0.05) is 18.2 Å². The highest BCUT2D eigenvalue weighted by Gasteiger charge is 2.47. The topological polar surface area (TPSA) is 90.5 Å². The fourth-order valence-electron chi connectivity index (χ4n) is 3.75. The molecule has 4 rings (SSSR count). The first kappa shape index (κ1) is 14.9. The fraction of sp³-hybridized carbons (Fsp3) is 0.389. The highest BCUT2D eigenvalue weighted by atomic mass is 16.4. The second kappa shape index (κ2) is 5.47. The number of H-pyrrole nitrogens is 1. The molecule has 2 fully saturated rings. The average molecular weight is 326 g/mol. The Kier molecular flexibility index (Phi) is 3.40. The molecule has 1 saturated carbocycles. The summed E-state index contributed by atoms with van der Waals surface area (Å²) in [6.07, 6.45) is 2.09. The van der Waals surface area contributed by atoms with E-state index in [1.807, 2.05) is 6.07 Å². The van der Waals surface area contributed by atoms with Gasteiger partial charge in [0.1, 0.15) is 5.69 Å². The third kappa shape index (κ3) is 2.48. The number of pyridine rings is 1. The van der Waals surface area contributed by atoms with Crippen LogP contribution in [-0.2, 0) is 4.79 Å². The van der Waals surface area contributed by atoms with Crippen LogP contribution in [0.3, 0.4) is 0 Å². The Bertz CT molecular complexity index is 884. The zero-order chi connectivity index (χ0) is 16.8. The molecule has 2 N–H and O–H groups in total. The van der Waals surface area contributed by atoms with Crippen molar-refractivity contribution >= 4 is 22.6 Å². The molecule has 2 aromatic rings. The minimum absolute atomic E-state index is 0.0265. The molecule has 1 aliphatic carbocycles. The number of carboxylic acid groups (broad SMARTS) is 1. The molecule has 1 aliphatic heterocycles. The molecule has 2 atom stereocenters. The standard InChI is InChI=1S/C18H18N2O4/c21-16-12-4-2-1-3-11(12)7-15(19-16)17(22)20-8-13(10-5-6-10)14(9-20)18(23)24/h1-4,7,10,13-14H,5-6,8-9H2,(H,19,21)(H,23,24)/t13-,14+/m1/s1. The number of aromatic nitrogens is 1. The summed E-state index contributed by atoms with van der Waals surface area (Å²) in [6.45, 7) is 0.666. The van der Waals surface area contributed by atoms with Crippen LogP contribution < -0.4 is 5.56 Å². The van der Waals surface area contributed by atoms with Crippen LogP contribution in [0.25, 0.3) is 10.8 Å². The van der Waals surface area contributed by atoms with E-state index >= 15 is 0 Å². The Hall–Kier alpha value is -2.63. The van der Waals surface area contributed by atoms with Crippen molar-refractivity contribution < 1.29 is 14.7 Å². The number of amides is 1. The number of likely N-dealkylation sites (tertiary alicyclic amines) is 1.